The fourth-order valence-corrected chi connectivity index (χ4v) is 2.12. The molecule has 1 aromatic rings. The van der Waals surface area contributed by atoms with Gasteiger partial charge in [0, 0.05) is 13.5 Å². The Morgan fingerprint density at radius 2 is 2.05 bits per heavy atom. The number of nitrogens with one attached hydrogen (secondary N) is 1. The van der Waals surface area contributed by atoms with Gasteiger partial charge in [0.15, 0.2) is 5.75 Å². The molecule has 6 heteroatoms. The first kappa shape index (κ1) is 17.3. The second-order valence-electron chi connectivity index (χ2n) is 6.04. The van der Waals surface area contributed by atoms with Crippen LogP contribution in [-0.4, -0.2) is 30.4 Å². The first-order valence-electron chi connectivity index (χ1n) is 6.70. The lowest BCUT2D eigenvalue weighted by molar-refractivity contribution is -0.114. The summed E-state index contributed by atoms with van der Waals surface area (Å²) in [5.41, 5.74) is 2.10. The van der Waals surface area contributed by atoms with Crippen LogP contribution in [0.4, 0.5) is 11.4 Å². The zero-order chi connectivity index (χ0) is 14.9. The van der Waals surface area contributed by atoms with E-state index in [1.807, 2.05) is 17.0 Å². The Bertz CT molecular complexity index is 565. The van der Waals surface area contributed by atoms with Gasteiger partial charge in [-0.3, -0.25) is 9.79 Å². The van der Waals surface area contributed by atoms with E-state index in [0.29, 0.717) is 17.9 Å². The zero-order valence-electron chi connectivity index (χ0n) is 12.8. The van der Waals surface area contributed by atoms with Crippen LogP contribution in [-0.2, 0) is 10.2 Å². The minimum absolute atomic E-state index is 0. The summed E-state index contributed by atoms with van der Waals surface area (Å²) in [5, 5.41) is 13.1. The molecule has 0 atom stereocenters. The van der Waals surface area contributed by atoms with Gasteiger partial charge >= 0.3 is 0 Å². The van der Waals surface area contributed by atoms with E-state index in [2.05, 4.69) is 31.1 Å². The number of halogens is 1. The molecule has 21 heavy (non-hydrogen) atoms. The summed E-state index contributed by atoms with van der Waals surface area (Å²) in [6, 6.07) is 3.78. The van der Waals surface area contributed by atoms with Gasteiger partial charge in [-0.2, -0.15) is 0 Å². The summed E-state index contributed by atoms with van der Waals surface area (Å²) in [6.45, 7) is 9.17. The number of phenols is 1. The molecular weight excluding hydrogens is 290 g/mol. The molecule has 1 aromatic carbocycles. The fourth-order valence-electron chi connectivity index (χ4n) is 2.12. The molecule has 5 nitrogen and oxygen atoms in total. The number of nitrogens with zero attached hydrogens (tertiary/aromatic N) is 2. The SMILES string of the molecule is CC(=O)Nc1cc(C(C)(C)C)cc(N2C=NCC2)c1O.Cl. The highest BCUT2D eigenvalue weighted by Crippen LogP contribution is 2.39. The maximum Gasteiger partial charge on any atom is 0.221 e. The summed E-state index contributed by atoms with van der Waals surface area (Å²) in [7, 11) is 0. The van der Waals surface area contributed by atoms with Crippen molar-refractivity contribution in [3.05, 3.63) is 17.7 Å². The maximum absolute atomic E-state index is 11.3. The summed E-state index contributed by atoms with van der Waals surface area (Å²) in [5.74, 6) is -0.117. The number of aliphatic imine (C=N–C) groups is 1. The molecule has 0 radical (unpaired) electrons. The molecule has 0 saturated carbocycles. The highest BCUT2D eigenvalue weighted by atomic mass is 35.5. The Balaban J connectivity index is 0.00000220. The number of benzene rings is 1. The van der Waals surface area contributed by atoms with E-state index in [9.17, 15) is 9.90 Å². The Labute approximate surface area is 131 Å². The second kappa shape index (κ2) is 6.35. The number of amides is 1. The molecule has 1 amide bonds. The number of aromatic hydroxyl groups is 1. The Morgan fingerprint density at radius 1 is 1.38 bits per heavy atom. The third-order valence-electron chi connectivity index (χ3n) is 3.27. The molecule has 0 spiro atoms. The van der Waals surface area contributed by atoms with Crippen LogP contribution >= 0.6 is 12.4 Å². The van der Waals surface area contributed by atoms with Crippen LogP contribution in [0.15, 0.2) is 17.1 Å². The molecule has 0 bridgehead atoms. The van der Waals surface area contributed by atoms with Crippen LogP contribution in [0.25, 0.3) is 0 Å². The molecule has 0 unspecified atom stereocenters. The van der Waals surface area contributed by atoms with Gasteiger partial charge in [0.1, 0.15) is 0 Å². The molecule has 0 aromatic heterocycles. The molecule has 1 heterocycles. The molecule has 2 N–H and O–H groups in total. The molecule has 116 valence electrons. The lowest BCUT2D eigenvalue weighted by Crippen LogP contribution is -2.21. The number of rotatable bonds is 2. The van der Waals surface area contributed by atoms with Crippen molar-refractivity contribution in [2.75, 3.05) is 23.3 Å². The van der Waals surface area contributed by atoms with E-state index in [4.69, 9.17) is 0 Å². The average molecular weight is 312 g/mol. The first-order chi connectivity index (χ1) is 9.29. The van der Waals surface area contributed by atoms with Crippen molar-refractivity contribution < 1.29 is 9.90 Å². The standard InChI is InChI=1S/C15H21N3O2.ClH/c1-10(19)17-12-7-11(15(2,3)4)8-13(14(12)20)18-6-5-16-9-18;/h7-9,20H,5-6H2,1-4H3,(H,17,19);1H. The molecule has 0 fully saturated rings. The third kappa shape index (κ3) is 3.88. The van der Waals surface area contributed by atoms with Crippen molar-refractivity contribution in [1.82, 2.24) is 0 Å². The quantitative estimate of drug-likeness (QED) is 0.825. The molecule has 1 aliphatic heterocycles. The van der Waals surface area contributed by atoms with E-state index >= 15 is 0 Å². The summed E-state index contributed by atoms with van der Waals surface area (Å²) in [6.07, 6.45) is 1.72. The van der Waals surface area contributed by atoms with Gasteiger partial charge in [0.05, 0.1) is 24.3 Å². The second-order valence-corrected chi connectivity index (χ2v) is 6.04. The van der Waals surface area contributed by atoms with Crippen molar-refractivity contribution in [3.8, 4) is 5.75 Å². The number of carbonyl (C=O) groups is 1. The molecule has 2 rings (SSSR count). The predicted molar refractivity (Wildman–Crippen MR) is 89.1 cm³/mol. The van der Waals surface area contributed by atoms with Crippen LogP contribution in [0.5, 0.6) is 5.75 Å². The number of hydrogen-bond donors (Lipinski definition) is 2. The summed E-state index contributed by atoms with van der Waals surface area (Å²) >= 11 is 0. The molecule has 0 saturated heterocycles. The van der Waals surface area contributed by atoms with E-state index in [1.165, 1.54) is 6.92 Å². The summed E-state index contributed by atoms with van der Waals surface area (Å²) < 4.78 is 0. The monoisotopic (exact) mass is 311 g/mol. The van der Waals surface area contributed by atoms with Crippen LogP contribution < -0.4 is 10.2 Å². The molecular formula is C15H22ClN3O2. The first-order valence-corrected chi connectivity index (χ1v) is 6.70. The van der Waals surface area contributed by atoms with Gasteiger partial charge in [-0.25, -0.2) is 0 Å². The normalized spacial score (nSPS) is 14.0. The van der Waals surface area contributed by atoms with Crippen LogP contribution in [0, 0.1) is 0 Å². The van der Waals surface area contributed by atoms with Crippen LogP contribution in [0.1, 0.15) is 33.3 Å². The van der Waals surface area contributed by atoms with Gasteiger partial charge in [-0.05, 0) is 23.1 Å². The lowest BCUT2D eigenvalue weighted by Gasteiger charge is -2.25. The van der Waals surface area contributed by atoms with Crippen molar-refractivity contribution in [2.24, 2.45) is 4.99 Å². The number of hydrogen-bond acceptors (Lipinski definition) is 4. The van der Waals surface area contributed by atoms with Crippen LogP contribution in [0.3, 0.4) is 0 Å². The van der Waals surface area contributed by atoms with E-state index in [-0.39, 0.29) is 29.5 Å². The van der Waals surface area contributed by atoms with Gasteiger partial charge in [-0.15, -0.1) is 12.4 Å². The average Bonchev–Trinajstić information content (AvgIpc) is 2.83. The molecule has 1 aliphatic rings. The van der Waals surface area contributed by atoms with E-state index in [1.54, 1.807) is 6.34 Å². The Kier molecular flexibility index (Phi) is 5.23. The Hall–Kier alpha value is -1.75. The topological polar surface area (TPSA) is 64.9 Å². The largest absolute Gasteiger partial charge is 0.504 e. The highest BCUT2D eigenvalue weighted by molar-refractivity contribution is 5.94. The van der Waals surface area contributed by atoms with E-state index < -0.39 is 0 Å². The number of carbonyl (C=O) groups excluding carboxylic acids is 1. The number of anilines is 2. The lowest BCUT2D eigenvalue weighted by atomic mass is 9.86. The third-order valence-corrected chi connectivity index (χ3v) is 3.27. The maximum atomic E-state index is 11.3. The number of phenolic OH excluding ortho intramolecular Hbond substituents is 1. The Morgan fingerprint density at radius 3 is 2.52 bits per heavy atom. The van der Waals surface area contributed by atoms with Crippen molar-refractivity contribution in [1.29, 1.82) is 0 Å². The highest BCUT2D eigenvalue weighted by Gasteiger charge is 2.22. The van der Waals surface area contributed by atoms with Gasteiger partial charge in [0.25, 0.3) is 0 Å². The zero-order valence-corrected chi connectivity index (χ0v) is 13.6. The van der Waals surface area contributed by atoms with Crippen LogP contribution in [0.2, 0.25) is 0 Å². The minimum atomic E-state index is -0.201. The van der Waals surface area contributed by atoms with Gasteiger partial charge in [0.2, 0.25) is 5.91 Å². The predicted octanol–water partition coefficient (Wildman–Crippen LogP) is 2.92. The smallest absolute Gasteiger partial charge is 0.221 e. The van der Waals surface area contributed by atoms with Crippen molar-refractivity contribution >= 4 is 36.0 Å². The van der Waals surface area contributed by atoms with E-state index in [0.717, 1.165) is 12.1 Å². The molecule has 0 aliphatic carbocycles. The van der Waals surface area contributed by atoms with Gasteiger partial charge < -0.3 is 15.3 Å². The van der Waals surface area contributed by atoms with Crippen molar-refractivity contribution in [3.63, 3.8) is 0 Å². The minimum Gasteiger partial charge on any atom is -0.504 e. The summed E-state index contributed by atoms with van der Waals surface area (Å²) in [4.78, 5) is 17.4. The fraction of sp³-hybridized carbons (Fsp3) is 0.467. The van der Waals surface area contributed by atoms with Gasteiger partial charge in [-0.1, -0.05) is 20.8 Å². The van der Waals surface area contributed by atoms with Crippen molar-refractivity contribution in [2.45, 2.75) is 33.1 Å².